The van der Waals surface area contributed by atoms with E-state index in [2.05, 4.69) is 16.5 Å². The molecule has 1 aromatic heterocycles. The number of benzene rings is 1. The highest BCUT2D eigenvalue weighted by Gasteiger charge is 2.33. The first-order valence-corrected chi connectivity index (χ1v) is 11.6. The Kier molecular flexibility index (Phi) is 7.03. The van der Waals surface area contributed by atoms with E-state index < -0.39 is 10.0 Å². The molecule has 1 N–H and O–H groups in total. The van der Waals surface area contributed by atoms with Crippen LogP contribution in [0.3, 0.4) is 0 Å². The highest BCUT2D eigenvalue weighted by atomic mass is 35.5. The van der Waals surface area contributed by atoms with Crippen molar-refractivity contribution in [3.8, 4) is 6.07 Å². The Hall–Kier alpha value is -2.12. The van der Waals surface area contributed by atoms with Crippen LogP contribution >= 0.6 is 23.2 Å². The summed E-state index contributed by atoms with van der Waals surface area (Å²) in [4.78, 5) is 12.7. The largest absolute Gasteiger partial charge is 0.311 e. The molecule has 0 unspecified atom stereocenters. The van der Waals surface area contributed by atoms with Gasteiger partial charge in [-0.3, -0.25) is 4.79 Å². The van der Waals surface area contributed by atoms with E-state index >= 15 is 0 Å². The quantitative estimate of drug-likeness (QED) is 0.696. The Morgan fingerprint density at radius 2 is 2.00 bits per heavy atom. The van der Waals surface area contributed by atoms with Crippen LogP contribution in [0.5, 0.6) is 0 Å². The predicted molar refractivity (Wildman–Crippen MR) is 114 cm³/mol. The number of rotatable bonds is 6. The zero-order chi connectivity index (χ0) is 21.9. The Bertz CT molecular complexity index is 1090. The van der Waals surface area contributed by atoms with Gasteiger partial charge < -0.3 is 5.32 Å². The Morgan fingerprint density at radius 1 is 1.30 bits per heavy atom. The van der Waals surface area contributed by atoms with E-state index in [0.29, 0.717) is 25.2 Å². The highest BCUT2D eigenvalue weighted by Crippen LogP contribution is 2.30. The molecule has 0 aliphatic carbocycles. The molecule has 1 aliphatic rings. The van der Waals surface area contributed by atoms with E-state index in [9.17, 15) is 13.2 Å². The molecule has 1 amide bonds. The molecule has 0 bridgehead atoms. The zero-order valence-corrected chi connectivity index (χ0v) is 18.6. The van der Waals surface area contributed by atoms with Crippen molar-refractivity contribution in [3.05, 3.63) is 40.0 Å². The number of aryl methyl sites for hydroxylation is 2. The number of halogens is 2. The molecule has 0 atom stereocenters. The van der Waals surface area contributed by atoms with E-state index in [1.165, 1.54) is 22.5 Å². The number of aromatic nitrogens is 2. The van der Waals surface area contributed by atoms with Crippen molar-refractivity contribution < 1.29 is 13.2 Å². The van der Waals surface area contributed by atoms with Gasteiger partial charge in [0.2, 0.25) is 15.9 Å². The summed E-state index contributed by atoms with van der Waals surface area (Å²) in [6.45, 7) is 2.60. The summed E-state index contributed by atoms with van der Waals surface area (Å²) in [5.41, 5.74) is 0.738. The predicted octanol–water partition coefficient (Wildman–Crippen LogP) is 3.45. The highest BCUT2D eigenvalue weighted by molar-refractivity contribution is 7.89. The molecule has 30 heavy (non-hydrogen) atoms. The average Bonchev–Trinajstić information content (AvgIpc) is 3.07. The van der Waals surface area contributed by atoms with Crippen molar-refractivity contribution in [2.75, 3.05) is 18.4 Å². The number of carbonyl (C=O) groups is 1. The normalized spacial score (nSPS) is 15.7. The van der Waals surface area contributed by atoms with Gasteiger partial charge in [0.15, 0.2) is 0 Å². The van der Waals surface area contributed by atoms with Gasteiger partial charge in [-0.25, -0.2) is 13.1 Å². The van der Waals surface area contributed by atoms with E-state index in [4.69, 9.17) is 28.5 Å². The molecule has 1 saturated heterocycles. The van der Waals surface area contributed by atoms with Gasteiger partial charge in [-0.15, -0.1) is 0 Å². The molecule has 11 heteroatoms. The number of carbonyl (C=O) groups excluding carboxylic acids is 1. The lowest BCUT2D eigenvalue weighted by Gasteiger charge is -2.30. The molecular weight excluding hydrogens is 449 g/mol. The van der Waals surface area contributed by atoms with Gasteiger partial charge in [-0.05, 0) is 38.0 Å². The first-order valence-electron chi connectivity index (χ1n) is 9.40. The Labute approximate surface area is 185 Å². The smallest absolute Gasteiger partial charge is 0.244 e. The van der Waals surface area contributed by atoms with E-state index in [1.807, 2.05) is 6.92 Å². The van der Waals surface area contributed by atoms with Crippen LogP contribution < -0.4 is 5.32 Å². The van der Waals surface area contributed by atoms with Gasteiger partial charge >= 0.3 is 0 Å². The summed E-state index contributed by atoms with van der Waals surface area (Å²) in [6, 6.07) is 8.12. The van der Waals surface area contributed by atoms with Crippen molar-refractivity contribution in [1.82, 2.24) is 14.1 Å². The number of amides is 1. The number of sulfonamides is 1. The number of nitrogens with zero attached hydrogens (tertiary/aromatic N) is 4. The average molecular weight is 470 g/mol. The van der Waals surface area contributed by atoms with Crippen molar-refractivity contribution in [2.45, 2.75) is 37.6 Å². The maximum atomic E-state index is 12.9. The number of hydrogen-bond donors (Lipinski definition) is 1. The minimum atomic E-state index is -3.80. The third-order valence-electron chi connectivity index (χ3n) is 4.92. The molecule has 0 radical (unpaired) electrons. The van der Waals surface area contributed by atoms with Gasteiger partial charge in [-0.2, -0.15) is 14.7 Å². The van der Waals surface area contributed by atoms with E-state index in [-0.39, 0.29) is 46.3 Å². The van der Waals surface area contributed by atoms with E-state index in [0.717, 1.165) is 5.69 Å². The summed E-state index contributed by atoms with van der Waals surface area (Å²) in [6.07, 6.45) is 1.05. The second-order valence-electron chi connectivity index (χ2n) is 7.04. The molecule has 8 nitrogen and oxygen atoms in total. The first-order chi connectivity index (χ1) is 14.2. The van der Waals surface area contributed by atoms with Crippen LogP contribution in [0, 0.1) is 24.2 Å². The molecule has 1 aromatic carbocycles. The fourth-order valence-electron chi connectivity index (χ4n) is 3.37. The molecule has 2 aromatic rings. The monoisotopic (exact) mass is 469 g/mol. The number of piperidine rings is 1. The third-order valence-corrected chi connectivity index (χ3v) is 7.54. The minimum absolute atomic E-state index is 0.0311. The van der Waals surface area contributed by atoms with Gasteiger partial charge in [-0.1, -0.05) is 23.2 Å². The SMILES string of the molecule is Cc1cc(NC(=O)C2CCN(S(=O)(=O)c3cc(Cl)ccc3Cl)CC2)n(CCC#N)n1. The number of anilines is 1. The topological polar surface area (TPSA) is 108 Å². The summed E-state index contributed by atoms with van der Waals surface area (Å²) < 4.78 is 28.8. The molecule has 0 saturated carbocycles. The van der Waals surface area contributed by atoms with Gasteiger partial charge in [0, 0.05) is 30.1 Å². The van der Waals surface area contributed by atoms with Crippen LogP contribution in [0.25, 0.3) is 0 Å². The fourth-order valence-corrected chi connectivity index (χ4v) is 5.58. The Balaban J connectivity index is 1.65. The maximum absolute atomic E-state index is 12.9. The van der Waals surface area contributed by atoms with Gasteiger partial charge in [0.1, 0.15) is 10.7 Å². The number of nitriles is 1. The first kappa shape index (κ1) is 22.6. The summed E-state index contributed by atoms with van der Waals surface area (Å²) >= 11 is 12.0. The van der Waals surface area contributed by atoms with Gasteiger partial charge in [0.25, 0.3) is 0 Å². The standard InChI is InChI=1S/C19H21Cl2N5O3S/c1-13-11-18(26(24-13)8-2-7-22)23-19(27)14-5-9-25(10-6-14)30(28,29)17-12-15(20)3-4-16(17)21/h3-4,11-12,14H,2,5-6,8-10H2,1H3,(H,23,27). The molecule has 3 rings (SSSR count). The number of hydrogen-bond acceptors (Lipinski definition) is 5. The van der Waals surface area contributed by atoms with Crippen LogP contribution in [-0.2, 0) is 21.4 Å². The van der Waals surface area contributed by atoms with Crippen LogP contribution in [0.15, 0.2) is 29.2 Å². The molecule has 0 spiro atoms. The molecule has 1 aliphatic heterocycles. The number of nitrogens with one attached hydrogen (secondary N) is 1. The third kappa shape index (κ3) is 4.95. The van der Waals surface area contributed by atoms with Crippen LogP contribution in [-0.4, -0.2) is 41.5 Å². The van der Waals surface area contributed by atoms with Crippen molar-refractivity contribution >= 4 is 45.0 Å². The van der Waals surface area contributed by atoms with Crippen LogP contribution in [0.4, 0.5) is 5.82 Å². The lowest BCUT2D eigenvalue weighted by Crippen LogP contribution is -2.41. The molecule has 1 fully saturated rings. The van der Waals surface area contributed by atoms with Crippen LogP contribution in [0.2, 0.25) is 10.0 Å². The summed E-state index contributed by atoms with van der Waals surface area (Å²) in [5, 5.41) is 16.3. The van der Waals surface area contributed by atoms with Gasteiger partial charge in [0.05, 0.1) is 29.8 Å². The van der Waals surface area contributed by atoms with E-state index in [1.54, 1.807) is 10.7 Å². The maximum Gasteiger partial charge on any atom is 0.244 e. The lowest BCUT2D eigenvalue weighted by molar-refractivity contribution is -0.121. The second kappa shape index (κ2) is 9.35. The summed E-state index contributed by atoms with van der Waals surface area (Å²) in [5.74, 6) is 0.0189. The van der Waals surface area contributed by atoms with Crippen LogP contribution in [0.1, 0.15) is 25.0 Å². The van der Waals surface area contributed by atoms with Crippen molar-refractivity contribution in [2.24, 2.45) is 5.92 Å². The van der Waals surface area contributed by atoms with Crippen molar-refractivity contribution in [1.29, 1.82) is 5.26 Å². The van der Waals surface area contributed by atoms with Crippen molar-refractivity contribution in [3.63, 3.8) is 0 Å². The second-order valence-corrected chi connectivity index (χ2v) is 9.79. The molecular formula is C19H21Cl2N5O3S. The zero-order valence-electron chi connectivity index (χ0n) is 16.3. The Morgan fingerprint density at radius 3 is 2.67 bits per heavy atom. The molecule has 160 valence electrons. The summed E-state index contributed by atoms with van der Waals surface area (Å²) in [7, 11) is -3.80. The molecule has 2 heterocycles. The lowest BCUT2D eigenvalue weighted by atomic mass is 9.97. The minimum Gasteiger partial charge on any atom is -0.311 e. The fraction of sp³-hybridized carbons (Fsp3) is 0.421.